The second-order valence-corrected chi connectivity index (χ2v) is 6.24. The first-order valence-corrected chi connectivity index (χ1v) is 8.16. The van der Waals surface area contributed by atoms with Gasteiger partial charge in [-0.2, -0.15) is 0 Å². The molecule has 0 bridgehead atoms. The highest BCUT2D eigenvalue weighted by Gasteiger charge is 2.23. The molecule has 0 radical (unpaired) electrons. The maximum absolute atomic E-state index is 6.18. The molecule has 1 aliphatic rings. The van der Waals surface area contributed by atoms with Gasteiger partial charge in [0.2, 0.25) is 0 Å². The number of ether oxygens (including phenoxy) is 1. The van der Waals surface area contributed by atoms with E-state index in [9.17, 15) is 0 Å². The first-order chi connectivity index (χ1) is 9.74. The molecule has 1 N–H and O–H groups in total. The summed E-state index contributed by atoms with van der Waals surface area (Å²) in [6, 6.07) is 3.88. The summed E-state index contributed by atoms with van der Waals surface area (Å²) in [5.41, 5.74) is 4.03. The molecule has 0 spiro atoms. The quantitative estimate of drug-likeness (QED) is 0.917. The standard InChI is InChI=1S/C14H14Cl2N2OS/c15-9-5-11-13(2-4-19-14(11)12(16)6-9)17-3-1-10-7-20-8-18-10/h5-8,13,17H,1-4H2. The van der Waals surface area contributed by atoms with Crippen LogP contribution < -0.4 is 10.1 Å². The van der Waals surface area contributed by atoms with Crippen molar-refractivity contribution in [1.82, 2.24) is 10.3 Å². The van der Waals surface area contributed by atoms with Gasteiger partial charge < -0.3 is 10.1 Å². The van der Waals surface area contributed by atoms with Crippen LogP contribution in [-0.2, 0) is 6.42 Å². The molecule has 6 heteroatoms. The van der Waals surface area contributed by atoms with Crippen LogP contribution in [0, 0.1) is 0 Å². The second kappa shape index (κ2) is 6.31. The normalized spacial score (nSPS) is 17.6. The monoisotopic (exact) mass is 328 g/mol. The summed E-state index contributed by atoms with van der Waals surface area (Å²) >= 11 is 13.9. The minimum absolute atomic E-state index is 0.230. The van der Waals surface area contributed by atoms with Gasteiger partial charge in [-0.1, -0.05) is 23.2 Å². The van der Waals surface area contributed by atoms with Gasteiger partial charge in [0.25, 0.3) is 0 Å². The maximum Gasteiger partial charge on any atom is 0.142 e. The van der Waals surface area contributed by atoms with Crippen LogP contribution in [-0.4, -0.2) is 18.1 Å². The maximum atomic E-state index is 6.18. The predicted molar refractivity (Wildman–Crippen MR) is 83.1 cm³/mol. The van der Waals surface area contributed by atoms with Gasteiger partial charge in [0.05, 0.1) is 22.8 Å². The first kappa shape index (κ1) is 14.1. The number of aromatic nitrogens is 1. The van der Waals surface area contributed by atoms with Crippen molar-refractivity contribution < 1.29 is 4.74 Å². The fourth-order valence-corrected chi connectivity index (χ4v) is 3.53. The summed E-state index contributed by atoms with van der Waals surface area (Å²) in [7, 11) is 0. The zero-order valence-electron chi connectivity index (χ0n) is 10.7. The number of hydrogen-bond donors (Lipinski definition) is 1. The molecule has 1 atom stereocenters. The van der Waals surface area contributed by atoms with Gasteiger partial charge in [-0.3, -0.25) is 0 Å². The Hall–Kier alpha value is -0.810. The number of halogens is 2. The lowest BCUT2D eigenvalue weighted by atomic mass is 10.0. The van der Waals surface area contributed by atoms with Crippen molar-refractivity contribution in [1.29, 1.82) is 0 Å². The number of rotatable bonds is 4. The van der Waals surface area contributed by atoms with E-state index in [1.807, 2.05) is 11.6 Å². The number of benzene rings is 1. The molecule has 0 fully saturated rings. The lowest BCUT2D eigenvalue weighted by Gasteiger charge is -2.27. The smallest absolute Gasteiger partial charge is 0.142 e. The molecule has 1 aromatic heterocycles. The third kappa shape index (κ3) is 3.09. The number of nitrogens with zero attached hydrogens (tertiary/aromatic N) is 1. The average Bonchev–Trinajstić information content (AvgIpc) is 2.92. The Kier molecular flexibility index (Phi) is 4.46. The van der Waals surface area contributed by atoms with Crippen molar-refractivity contribution in [2.24, 2.45) is 0 Å². The molecule has 20 heavy (non-hydrogen) atoms. The molecule has 1 aromatic carbocycles. The Morgan fingerprint density at radius 1 is 1.40 bits per heavy atom. The van der Waals surface area contributed by atoms with Gasteiger partial charge in [-0.25, -0.2) is 4.98 Å². The van der Waals surface area contributed by atoms with Crippen LogP contribution in [0.4, 0.5) is 0 Å². The van der Waals surface area contributed by atoms with E-state index in [-0.39, 0.29) is 6.04 Å². The highest BCUT2D eigenvalue weighted by molar-refractivity contribution is 7.07. The van der Waals surface area contributed by atoms with E-state index < -0.39 is 0 Å². The molecule has 1 unspecified atom stereocenters. The van der Waals surface area contributed by atoms with E-state index in [2.05, 4.69) is 15.7 Å². The molecular formula is C14H14Cl2N2OS. The van der Waals surface area contributed by atoms with E-state index in [1.165, 1.54) is 0 Å². The molecule has 106 valence electrons. The summed E-state index contributed by atoms with van der Waals surface area (Å²) in [5.74, 6) is 0.758. The van der Waals surface area contributed by atoms with Gasteiger partial charge >= 0.3 is 0 Å². The minimum Gasteiger partial charge on any atom is -0.492 e. The lowest BCUT2D eigenvalue weighted by molar-refractivity contribution is 0.253. The zero-order chi connectivity index (χ0) is 13.9. The van der Waals surface area contributed by atoms with Crippen molar-refractivity contribution in [2.75, 3.05) is 13.2 Å². The Labute approximate surface area is 131 Å². The third-order valence-corrected chi connectivity index (χ3v) is 4.46. The average molecular weight is 329 g/mol. The van der Waals surface area contributed by atoms with Crippen LogP contribution in [0.5, 0.6) is 5.75 Å². The molecule has 1 aliphatic heterocycles. The van der Waals surface area contributed by atoms with Gasteiger partial charge in [0.1, 0.15) is 5.75 Å². The summed E-state index contributed by atoms with van der Waals surface area (Å²) in [5, 5.41) is 6.84. The lowest BCUT2D eigenvalue weighted by Crippen LogP contribution is -2.28. The number of nitrogens with one attached hydrogen (secondary N) is 1. The van der Waals surface area contributed by atoms with E-state index in [0.29, 0.717) is 16.7 Å². The largest absolute Gasteiger partial charge is 0.492 e. The predicted octanol–water partition coefficient (Wildman–Crippen LogP) is 4.11. The first-order valence-electron chi connectivity index (χ1n) is 6.46. The van der Waals surface area contributed by atoms with Crippen molar-refractivity contribution in [2.45, 2.75) is 18.9 Å². The topological polar surface area (TPSA) is 34.2 Å². The van der Waals surface area contributed by atoms with Gasteiger partial charge in [0, 0.05) is 41.4 Å². The summed E-state index contributed by atoms with van der Waals surface area (Å²) in [6.07, 6.45) is 1.84. The van der Waals surface area contributed by atoms with E-state index in [0.717, 1.165) is 36.4 Å². The van der Waals surface area contributed by atoms with Crippen LogP contribution in [0.15, 0.2) is 23.0 Å². The molecule has 0 saturated heterocycles. The highest BCUT2D eigenvalue weighted by Crippen LogP contribution is 2.39. The van der Waals surface area contributed by atoms with Gasteiger partial charge in [-0.15, -0.1) is 11.3 Å². The highest BCUT2D eigenvalue weighted by atomic mass is 35.5. The minimum atomic E-state index is 0.230. The van der Waals surface area contributed by atoms with Crippen LogP contribution in [0.25, 0.3) is 0 Å². The third-order valence-electron chi connectivity index (χ3n) is 3.32. The molecule has 0 aliphatic carbocycles. The van der Waals surface area contributed by atoms with Crippen LogP contribution >= 0.6 is 34.5 Å². The van der Waals surface area contributed by atoms with E-state index >= 15 is 0 Å². The zero-order valence-corrected chi connectivity index (χ0v) is 13.1. The number of fused-ring (bicyclic) bond motifs is 1. The summed E-state index contributed by atoms with van der Waals surface area (Å²) in [6.45, 7) is 1.54. The molecule has 2 heterocycles. The molecule has 0 saturated carbocycles. The Bertz CT molecular complexity index is 589. The van der Waals surface area contributed by atoms with Crippen LogP contribution in [0.3, 0.4) is 0 Å². The van der Waals surface area contributed by atoms with Gasteiger partial charge in [-0.05, 0) is 12.1 Å². The Balaban J connectivity index is 1.70. The van der Waals surface area contributed by atoms with Crippen molar-refractivity contribution in [3.8, 4) is 5.75 Å². The summed E-state index contributed by atoms with van der Waals surface area (Å²) < 4.78 is 5.65. The van der Waals surface area contributed by atoms with Crippen LogP contribution in [0.1, 0.15) is 23.7 Å². The number of hydrogen-bond acceptors (Lipinski definition) is 4. The van der Waals surface area contributed by atoms with Crippen molar-refractivity contribution >= 4 is 34.5 Å². The molecule has 0 amide bonds. The Morgan fingerprint density at radius 2 is 2.30 bits per heavy atom. The van der Waals surface area contributed by atoms with Crippen molar-refractivity contribution in [3.05, 3.63) is 44.3 Å². The fourth-order valence-electron chi connectivity index (χ4n) is 2.37. The number of thiazole rings is 1. The van der Waals surface area contributed by atoms with E-state index in [4.69, 9.17) is 27.9 Å². The molecule has 2 aromatic rings. The second-order valence-electron chi connectivity index (χ2n) is 4.68. The van der Waals surface area contributed by atoms with E-state index in [1.54, 1.807) is 17.4 Å². The SMILES string of the molecule is Clc1cc(Cl)c2c(c1)C(NCCc1cscn1)CCO2. The fraction of sp³-hybridized carbons (Fsp3) is 0.357. The molecule has 3 rings (SSSR count). The Morgan fingerprint density at radius 3 is 3.10 bits per heavy atom. The van der Waals surface area contributed by atoms with Crippen molar-refractivity contribution in [3.63, 3.8) is 0 Å². The van der Waals surface area contributed by atoms with Gasteiger partial charge in [0.15, 0.2) is 0 Å². The molecular weight excluding hydrogens is 315 g/mol. The summed E-state index contributed by atoms with van der Waals surface area (Å²) in [4.78, 5) is 4.28. The molecule has 3 nitrogen and oxygen atoms in total. The van der Waals surface area contributed by atoms with Crippen LogP contribution in [0.2, 0.25) is 10.0 Å².